The van der Waals surface area contributed by atoms with Crippen molar-refractivity contribution in [2.75, 3.05) is 20.3 Å². The van der Waals surface area contributed by atoms with Crippen LogP contribution in [0.25, 0.3) is 0 Å². The minimum Gasteiger partial charge on any atom is -0.468 e. The molecule has 130 valence electrons. The first-order valence-electron chi connectivity index (χ1n) is 7.74. The van der Waals surface area contributed by atoms with Gasteiger partial charge in [-0.05, 0) is 42.9 Å². The molecule has 4 rings (SSSR count). The van der Waals surface area contributed by atoms with Crippen LogP contribution in [0.3, 0.4) is 0 Å². The minimum absolute atomic E-state index is 0.220. The van der Waals surface area contributed by atoms with Crippen LogP contribution >= 0.6 is 11.6 Å². The highest BCUT2D eigenvalue weighted by molar-refractivity contribution is 6.30. The molecule has 3 fully saturated rings. The zero-order chi connectivity index (χ0) is 17.6. The van der Waals surface area contributed by atoms with Gasteiger partial charge in [0.25, 0.3) is 5.91 Å². The summed E-state index contributed by atoms with van der Waals surface area (Å²) in [6, 6.07) is 6.68. The number of nitrogens with one attached hydrogen (secondary N) is 1. The third-order valence-corrected chi connectivity index (χ3v) is 5.86. The maximum absolute atomic E-state index is 12.4. The molecule has 3 saturated carbocycles. The van der Waals surface area contributed by atoms with Gasteiger partial charge >= 0.3 is 5.97 Å². The van der Waals surface area contributed by atoms with Crippen LogP contribution in [0.4, 0.5) is 0 Å². The number of methoxy groups -OCH3 is 1. The van der Waals surface area contributed by atoms with Crippen molar-refractivity contribution in [2.45, 2.75) is 24.8 Å². The minimum atomic E-state index is -1.32. The lowest BCUT2D eigenvalue weighted by atomic mass is 9.32. The van der Waals surface area contributed by atoms with Gasteiger partial charge in [0.1, 0.15) is 5.41 Å². The van der Waals surface area contributed by atoms with Crippen LogP contribution in [0.15, 0.2) is 24.3 Å². The van der Waals surface area contributed by atoms with Crippen LogP contribution in [0.2, 0.25) is 5.02 Å². The molecule has 0 heterocycles. The van der Waals surface area contributed by atoms with Crippen LogP contribution in [0.1, 0.15) is 29.6 Å². The third-order valence-electron chi connectivity index (χ3n) is 5.63. The molecule has 1 amide bonds. The fourth-order valence-electron chi connectivity index (χ4n) is 4.30. The summed E-state index contributed by atoms with van der Waals surface area (Å²) in [5.41, 5.74) is -1.75. The number of rotatable bonds is 6. The van der Waals surface area contributed by atoms with Gasteiger partial charge < -0.3 is 20.3 Å². The van der Waals surface area contributed by atoms with E-state index in [1.54, 1.807) is 24.3 Å². The molecule has 0 aliphatic heterocycles. The van der Waals surface area contributed by atoms with Gasteiger partial charge in [0.15, 0.2) is 0 Å². The third kappa shape index (κ3) is 2.24. The van der Waals surface area contributed by atoms with E-state index in [0.29, 0.717) is 29.8 Å². The van der Waals surface area contributed by atoms with Crippen molar-refractivity contribution in [1.29, 1.82) is 0 Å². The lowest BCUT2D eigenvalue weighted by molar-refractivity contribution is -0.252. The van der Waals surface area contributed by atoms with Crippen molar-refractivity contribution in [3.8, 4) is 0 Å². The van der Waals surface area contributed by atoms with E-state index in [4.69, 9.17) is 16.3 Å². The monoisotopic (exact) mass is 353 g/mol. The van der Waals surface area contributed by atoms with Crippen LogP contribution in [0.5, 0.6) is 0 Å². The molecule has 0 saturated heterocycles. The number of hydrogen-bond donors (Lipinski definition) is 3. The number of benzene rings is 1. The molecule has 1 aromatic carbocycles. The zero-order valence-electron chi connectivity index (χ0n) is 13.3. The van der Waals surface area contributed by atoms with E-state index in [9.17, 15) is 19.8 Å². The SMILES string of the molecule is COC(=O)C(CO)(CO)C12CC(NC(=O)c3cccc(Cl)c3)(C1)C2. The van der Waals surface area contributed by atoms with Crippen molar-refractivity contribution in [1.82, 2.24) is 5.32 Å². The summed E-state index contributed by atoms with van der Waals surface area (Å²) < 4.78 is 4.78. The Labute approximate surface area is 144 Å². The van der Waals surface area contributed by atoms with Crippen molar-refractivity contribution < 1.29 is 24.5 Å². The summed E-state index contributed by atoms with van der Waals surface area (Å²) >= 11 is 5.90. The molecule has 1 aromatic rings. The van der Waals surface area contributed by atoms with Crippen LogP contribution < -0.4 is 5.32 Å². The Kier molecular flexibility index (Phi) is 4.10. The van der Waals surface area contributed by atoms with Gasteiger partial charge in [-0.25, -0.2) is 0 Å². The van der Waals surface area contributed by atoms with Crippen LogP contribution in [-0.2, 0) is 9.53 Å². The van der Waals surface area contributed by atoms with E-state index in [1.165, 1.54) is 7.11 Å². The molecule has 3 N–H and O–H groups in total. The van der Waals surface area contributed by atoms with Gasteiger partial charge in [-0.1, -0.05) is 17.7 Å². The van der Waals surface area contributed by atoms with Crippen molar-refractivity contribution in [3.63, 3.8) is 0 Å². The lowest BCUT2D eigenvalue weighted by Crippen LogP contribution is -2.81. The highest BCUT2D eigenvalue weighted by atomic mass is 35.5. The summed E-state index contributed by atoms with van der Waals surface area (Å²) in [7, 11) is 1.24. The second-order valence-corrected chi connectivity index (χ2v) is 7.38. The molecule has 6 nitrogen and oxygen atoms in total. The van der Waals surface area contributed by atoms with E-state index in [2.05, 4.69) is 5.32 Å². The van der Waals surface area contributed by atoms with Crippen molar-refractivity contribution in [2.24, 2.45) is 10.8 Å². The number of ether oxygens (including phenoxy) is 1. The summed E-state index contributed by atoms with van der Waals surface area (Å²) in [6.45, 7) is -0.955. The lowest BCUT2D eigenvalue weighted by Gasteiger charge is -2.75. The second-order valence-electron chi connectivity index (χ2n) is 6.95. The molecule has 24 heavy (non-hydrogen) atoms. The smallest absolute Gasteiger partial charge is 0.317 e. The fraction of sp³-hybridized carbons (Fsp3) is 0.529. The maximum Gasteiger partial charge on any atom is 0.317 e. The predicted octanol–water partition coefficient (Wildman–Crippen LogP) is 1.14. The molecular formula is C17H20ClNO5. The standard InChI is InChI=1S/C17H20ClNO5/c1-24-14(23)17(9-20,10-21)15-6-16(7-15,8-15)19-13(22)11-3-2-4-12(18)5-11/h2-5,20-21H,6-10H2,1H3,(H,19,22). The Bertz CT molecular complexity index is 666. The molecule has 2 bridgehead atoms. The molecule has 0 aromatic heterocycles. The predicted molar refractivity (Wildman–Crippen MR) is 86.6 cm³/mol. The summed E-state index contributed by atoms with van der Waals surface area (Å²) in [5.74, 6) is -0.829. The average Bonchev–Trinajstić information content (AvgIpc) is 2.51. The molecule has 7 heteroatoms. The van der Waals surface area contributed by atoms with E-state index in [-0.39, 0.29) is 11.4 Å². The summed E-state index contributed by atoms with van der Waals surface area (Å²) in [4.78, 5) is 24.5. The molecule has 0 radical (unpaired) electrons. The van der Waals surface area contributed by atoms with Gasteiger partial charge in [0.2, 0.25) is 0 Å². The summed E-state index contributed by atoms with van der Waals surface area (Å²) in [6.07, 6.45) is 1.59. The van der Waals surface area contributed by atoms with Gasteiger partial charge in [0, 0.05) is 16.1 Å². The van der Waals surface area contributed by atoms with Gasteiger partial charge in [-0.2, -0.15) is 0 Å². The van der Waals surface area contributed by atoms with E-state index in [0.717, 1.165) is 0 Å². The number of carbonyl (C=O) groups excluding carboxylic acids is 2. The van der Waals surface area contributed by atoms with Crippen molar-refractivity contribution in [3.05, 3.63) is 34.9 Å². The number of aliphatic hydroxyl groups is 2. The van der Waals surface area contributed by atoms with Gasteiger partial charge in [-0.3, -0.25) is 9.59 Å². The number of aliphatic hydroxyl groups excluding tert-OH is 2. The van der Waals surface area contributed by atoms with E-state index in [1.807, 2.05) is 0 Å². The van der Waals surface area contributed by atoms with Crippen molar-refractivity contribution >= 4 is 23.5 Å². The Balaban J connectivity index is 1.70. The first-order chi connectivity index (χ1) is 11.4. The average molecular weight is 354 g/mol. The van der Waals surface area contributed by atoms with E-state index >= 15 is 0 Å². The fourth-order valence-corrected chi connectivity index (χ4v) is 4.49. The first kappa shape index (κ1) is 17.2. The van der Waals surface area contributed by atoms with Gasteiger partial charge in [0.05, 0.1) is 20.3 Å². The first-order valence-corrected chi connectivity index (χ1v) is 8.12. The molecule has 0 unspecified atom stereocenters. The highest BCUT2D eigenvalue weighted by Gasteiger charge is 2.77. The molecule has 3 aliphatic carbocycles. The second kappa shape index (κ2) is 5.72. The van der Waals surface area contributed by atoms with Crippen LogP contribution in [0, 0.1) is 10.8 Å². The number of halogens is 1. The maximum atomic E-state index is 12.4. The Morgan fingerprint density at radius 3 is 2.42 bits per heavy atom. The molecule has 3 aliphatic rings. The Morgan fingerprint density at radius 2 is 1.92 bits per heavy atom. The number of carbonyl (C=O) groups is 2. The number of esters is 1. The number of amides is 1. The largest absolute Gasteiger partial charge is 0.468 e. The highest BCUT2D eigenvalue weighted by Crippen LogP contribution is 2.74. The quantitative estimate of drug-likeness (QED) is 0.666. The van der Waals surface area contributed by atoms with E-state index < -0.39 is 30.0 Å². The Hall–Kier alpha value is -1.63. The molecular weight excluding hydrogens is 334 g/mol. The Morgan fingerprint density at radius 1 is 1.29 bits per heavy atom. The molecule has 0 spiro atoms. The summed E-state index contributed by atoms with van der Waals surface area (Å²) in [5, 5.41) is 22.9. The molecule has 0 atom stereocenters. The van der Waals surface area contributed by atoms with Gasteiger partial charge in [-0.15, -0.1) is 0 Å². The normalized spacial score (nSPS) is 27.7. The van der Waals surface area contributed by atoms with Crippen LogP contribution in [-0.4, -0.2) is 48.0 Å². The topological polar surface area (TPSA) is 95.9 Å². The zero-order valence-corrected chi connectivity index (χ0v) is 14.1. The number of hydrogen-bond acceptors (Lipinski definition) is 5.